The number of amides is 1. The number of nitrogens with one attached hydrogen (secondary N) is 2. The number of carbonyl (C=O) groups excluding carboxylic acids is 1. The number of carbonyl (C=O) groups is 1. The van der Waals surface area contributed by atoms with E-state index >= 15 is 0 Å². The van der Waals surface area contributed by atoms with E-state index in [2.05, 4.69) is 15.6 Å². The number of ether oxygens (including phenoxy) is 1. The summed E-state index contributed by atoms with van der Waals surface area (Å²) in [6, 6.07) is 7.58. The van der Waals surface area contributed by atoms with E-state index in [0.29, 0.717) is 0 Å². The van der Waals surface area contributed by atoms with Crippen molar-refractivity contribution in [3.63, 3.8) is 0 Å². The summed E-state index contributed by atoms with van der Waals surface area (Å²) in [6.45, 7) is 6.08. The third-order valence-electron chi connectivity index (χ3n) is 2.91. The molecular weight excluding hydrogens is 266 g/mol. The maximum Gasteiger partial charge on any atom is 0.239 e. The van der Waals surface area contributed by atoms with Gasteiger partial charge in [-0.1, -0.05) is 12.1 Å². The van der Waals surface area contributed by atoms with Crippen molar-refractivity contribution in [2.24, 2.45) is 0 Å². The summed E-state index contributed by atoms with van der Waals surface area (Å²) in [6.07, 6.45) is 1.70. The van der Waals surface area contributed by atoms with Crippen molar-refractivity contribution in [1.82, 2.24) is 10.3 Å². The fourth-order valence-corrected chi connectivity index (χ4v) is 2.11. The molecule has 0 aliphatic carbocycles. The Morgan fingerprint density at radius 3 is 2.71 bits per heavy atom. The van der Waals surface area contributed by atoms with Gasteiger partial charge in [0.05, 0.1) is 13.7 Å². The number of aromatic nitrogens is 1. The standard InChI is InChI=1S/C16H21N3O2/c1-16(2,3)19-14(20)10-18-12-8-9-17-15-11(12)6-5-7-13(15)21-4/h5-9H,10H2,1-4H3,(H,17,18)(H,19,20). The highest BCUT2D eigenvalue weighted by atomic mass is 16.5. The molecule has 0 unspecified atom stereocenters. The molecule has 0 aliphatic heterocycles. The van der Waals surface area contributed by atoms with E-state index in [9.17, 15) is 4.79 Å². The predicted octanol–water partition coefficient (Wildman–Crippen LogP) is 2.57. The highest BCUT2D eigenvalue weighted by molar-refractivity contribution is 5.95. The fraction of sp³-hybridized carbons (Fsp3) is 0.375. The molecule has 1 amide bonds. The Hall–Kier alpha value is -2.30. The second-order valence-electron chi connectivity index (χ2n) is 5.87. The van der Waals surface area contributed by atoms with Gasteiger partial charge in [-0.3, -0.25) is 9.78 Å². The van der Waals surface area contributed by atoms with Gasteiger partial charge in [-0.05, 0) is 32.9 Å². The maximum atomic E-state index is 11.9. The van der Waals surface area contributed by atoms with Crippen LogP contribution in [0.5, 0.6) is 5.75 Å². The zero-order chi connectivity index (χ0) is 15.5. The number of anilines is 1. The van der Waals surface area contributed by atoms with Gasteiger partial charge in [-0.25, -0.2) is 0 Å². The lowest BCUT2D eigenvalue weighted by Crippen LogP contribution is -2.43. The molecule has 2 N–H and O–H groups in total. The van der Waals surface area contributed by atoms with Gasteiger partial charge in [0, 0.05) is 22.8 Å². The SMILES string of the molecule is COc1cccc2c(NCC(=O)NC(C)(C)C)ccnc12. The number of pyridine rings is 1. The van der Waals surface area contributed by atoms with Crippen LogP contribution in [0.15, 0.2) is 30.5 Å². The van der Waals surface area contributed by atoms with E-state index in [-0.39, 0.29) is 18.0 Å². The minimum Gasteiger partial charge on any atom is -0.494 e. The molecule has 2 rings (SSSR count). The van der Waals surface area contributed by atoms with Crippen LogP contribution in [0.1, 0.15) is 20.8 Å². The Labute approximate surface area is 124 Å². The number of rotatable bonds is 4. The van der Waals surface area contributed by atoms with E-state index < -0.39 is 0 Å². The van der Waals surface area contributed by atoms with E-state index in [0.717, 1.165) is 22.3 Å². The average Bonchev–Trinajstić information content (AvgIpc) is 2.42. The first-order chi connectivity index (χ1) is 9.90. The Bertz CT molecular complexity index is 648. The summed E-state index contributed by atoms with van der Waals surface area (Å²) >= 11 is 0. The molecule has 0 radical (unpaired) electrons. The summed E-state index contributed by atoms with van der Waals surface area (Å²) < 4.78 is 5.30. The molecule has 1 aromatic carbocycles. The molecule has 0 aliphatic rings. The molecule has 5 heteroatoms. The van der Waals surface area contributed by atoms with E-state index in [1.54, 1.807) is 13.3 Å². The first-order valence-corrected chi connectivity index (χ1v) is 6.87. The smallest absolute Gasteiger partial charge is 0.239 e. The lowest BCUT2D eigenvalue weighted by Gasteiger charge is -2.21. The molecule has 1 aromatic heterocycles. The Morgan fingerprint density at radius 2 is 2.05 bits per heavy atom. The summed E-state index contributed by atoms with van der Waals surface area (Å²) in [5, 5.41) is 7.00. The normalized spacial score (nSPS) is 11.2. The second kappa shape index (κ2) is 5.99. The van der Waals surface area contributed by atoms with E-state index in [4.69, 9.17) is 4.74 Å². The highest BCUT2D eigenvalue weighted by Crippen LogP contribution is 2.28. The van der Waals surface area contributed by atoms with Gasteiger partial charge in [0.25, 0.3) is 0 Å². The van der Waals surface area contributed by atoms with Crippen LogP contribution >= 0.6 is 0 Å². The van der Waals surface area contributed by atoms with Gasteiger partial charge < -0.3 is 15.4 Å². The Balaban J connectivity index is 2.18. The van der Waals surface area contributed by atoms with Crippen molar-refractivity contribution < 1.29 is 9.53 Å². The monoisotopic (exact) mass is 287 g/mol. The predicted molar refractivity (Wildman–Crippen MR) is 84.7 cm³/mol. The highest BCUT2D eigenvalue weighted by Gasteiger charge is 2.14. The first-order valence-electron chi connectivity index (χ1n) is 6.87. The number of methoxy groups -OCH3 is 1. The zero-order valence-electron chi connectivity index (χ0n) is 12.9. The minimum atomic E-state index is -0.234. The van der Waals surface area contributed by atoms with E-state index in [1.807, 2.05) is 45.0 Å². The Kier molecular flexibility index (Phi) is 4.31. The fourth-order valence-electron chi connectivity index (χ4n) is 2.11. The second-order valence-corrected chi connectivity index (χ2v) is 5.87. The average molecular weight is 287 g/mol. The number of hydrogen-bond donors (Lipinski definition) is 2. The Morgan fingerprint density at radius 1 is 1.29 bits per heavy atom. The van der Waals surface area contributed by atoms with Gasteiger partial charge in [0.1, 0.15) is 11.3 Å². The molecule has 0 bridgehead atoms. The number of benzene rings is 1. The van der Waals surface area contributed by atoms with E-state index in [1.165, 1.54) is 0 Å². The van der Waals surface area contributed by atoms with Crippen LogP contribution in [0.4, 0.5) is 5.69 Å². The van der Waals surface area contributed by atoms with Crippen LogP contribution in [0.3, 0.4) is 0 Å². The minimum absolute atomic E-state index is 0.0460. The summed E-state index contributed by atoms with van der Waals surface area (Å²) in [5.74, 6) is 0.672. The largest absolute Gasteiger partial charge is 0.494 e. The quantitative estimate of drug-likeness (QED) is 0.907. The van der Waals surface area contributed by atoms with Gasteiger partial charge in [-0.15, -0.1) is 0 Å². The maximum absolute atomic E-state index is 11.9. The molecular formula is C16H21N3O2. The third-order valence-corrected chi connectivity index (χ3v) is 2.91. The van der Waals surface area contributed by atoms with Crippen molar-refractivity contribution in [2.45, 2.75) is 26.3 Å². The van der Waals surface area contributed by atoms with Crippen molar-refractivity contribution in [3.8, 4) is 5.75 Å². The summed E-state index contributed by atoms with van der Waals surface area (Å²) in [7, 11) is 1.62. The lowest BCUT2D eigenvalue weighted by atomic mass is 10.1. The molecule has 0 saturated carbocycles. The van der Waals surface area contributed by atoms with Crippen LogP contribution in [-0.4, -0.2) is 30.1 Å². The van der Waals surface area contributed by atoms with Crippen molar-refractivity contribution in [1.29, 1.82) is 0 Å². The van der Waals surface area contributed by atoms with Gasteiger partial charge >= 0.3 is 0 Å². The molecule has 0 spiro atoms. The number of hydrogen-bond acceptors (Lipinski definition) is 4. The molecule has 112 valence electrons. The molecule has 21 heavy (non-hydrogen) atoms. The van der Waals surface area contributed by atoms with Crippen LogP contribution in [-0.2, 0) is 4.79 Å². The number of para-hydroxylation sites is 1. The molecule has 5 nitrogen and oxygen atoms in total. The zero-order valence-corrected chi connectivity index (χ0v) is 12.9. The van der Waals surface area contributed by atoms with Crippen LogP contribution in [0.25, 0.3) is 10.9 Å². The third kappa shape index (κ3) is 3.84. The van der Waals surface area contributed by atoms with Crippen LogP contribution in [0, 0.1) is 0 Å². The molecule has 2 aromatic rings. The summed E-state index contributed by atoms with van der Waals surface area (Å²) in [5.41, 5.74) is 1.41. The van der Waals surface area contributed by atoms with Gasteiger partial charge in [0.2, 0.25) is 5.91 Å². The van der Waals surface area contributed by atoms with Crippen molar-refractivity contribution in [3.05, 3.63) is 30.5 Å². The molecule has 1 heterocycles. The first kappa shape index (κ1) is 15.1. The van der Waals surface area contributed by atoms with Gasteiger partial charge in [-0.2, -0.15) is 0 Å². The topological polar surface area (TPSA) is 63.2 Å². The number of fused-ring (bicyclic) bond motifs is 1. The molecule has 0 fully saturated rings. The summed E-state index contributed by atoms with van der Waals surface area (Å²) in [4.78, 5) is 16.2. The van der Waals surface area contributed by atoms with Crippen molar-refractivity contribution in [2.75, 3.05) is 19.0 Å². The van der Waals surface area contributed by atoms with Gasteiger partial charge in [0.15, 0.2) is 0 Å². The van der Waals surface area contributed by atoms with Crippen molar-refractivity contribution >= 4 is 22.5 Å². The lowest BCUT2D eigenvalue weighted by molar-refractivity contribution is -0.120. The molecule has 0 atom stereocenters. The van der Waals surface area contributed by atoms with Crippen LogP contribution in [0.2, 0.25) is 0 Å². The number of nitrogens with zero attached hydrogens (tertiary/aromatic N) is 1. The van der Waals surface area contributed by atoms with Crippen LogP contribution < -0.4 is 15.4 Å². The molecule has 0 saturated heterocycles.